The Morgan fingerprint density at radius 1 is 1.10 bits per heavy atom. The van der Waals surface area contributed by atoms with Crippen molar-refractivity contribution in [1.29, 1.82) is 0 Å². The van der Waals surface area contributed by atoms with E-state index in [-0.39, 0.29) is 48.2 Å². The fourth-order valence-corrected chi connectivity index (χ4v) is 4.91. The van der Waals surface area contributed by atoms with Crippen molar-refractivity contribution in [3.8, 4) is 0 Å². The summed E-state index contributed by atoms with van der Waals surface area (Å²) in [5, 5.41) is 6.99. The number of likely N-dealkylation sites (N-methyl/N-ethyl adjacent to an activating group) is 1. The first kappa shape index (κ1) is 26.4. The van der Waals surface area contributed by atoms with Gasteiger partial charge in [0.2, 0.25) is 15.9 Å². The largest absolute Gasteiger partial charge is 0.354 e. The van der Waals surface area contributed by atoms with E-state index in [2.05, 4.69) is 22.5 Å². The molecule has 1 aliphatic carbocycles. The van der Waals surface area contributed by atoms with Gasteiger partial charge in [-0.15, -0.1) is 24.0 Å². The topological polar surface area (TPSA) is 94.1 Å². The van der Waals surface area contributed by atoms with Crippen LogP contribution in [0.25, 0.3) is 0 Å². The number of guanidine groups is 1. The summed E-state index contributed by atoms with van der Waals surface area (Å²) in [5.74, 6) is 1.35. The third-order valence-corrected chi connectivity index (χ3v) is 7.74. The molecule has 0 bridgehead atoms. The van der Waals surface area contributed by atoms with Crippen molar-refractivity contribution >= 4 is 45.9 Å². The molecule has 29 heavy (non-hydrogen) atoms. The maximum Gasteiger partial charge on any atom is 0.243 e. The molecule has 8 nitrogen and oxygen atoms in total. The second kappa shape index (κ2) is 12.3. The average Bonchev–Trinajstić information content (AvgIpc) is 2.67. The average molecular weight is 544 g/mol. The number of sulfonamides is 1. The Kier molecular flexibility index (Phi) is 11.2. The molecule has 170 valence electrons. The lowest BCUT2D eigenvalue weighted by Gasteiger charge is -2.35. The van der Waals surface area contributed by atoms with Crippen molar-refractivity contribution in [2.45, 2.75) is 64.5 Å². The lowest BCUT2D eigenvalue weighted by molar-refractivity contribution is -0.127. The number of nitrogens with one attached hydrogen (secondary N) is 2. The molecule has 2 rings (SSSR count). The monoisotopic (exact) mass is 543 g/mol. The van der Waals surface area contributed by atoms with Crippen LogP contribution in [0.2, 0.25) is 0 Å². The van der Waals surface area contributed by atoms with Gasteiger partial charge < -0.3 is 15.5 Å². The number of carbonyl (C=O) groups excluding carboxylic acids is 1. The molecule has 2 unspecified atom stereocenters. The predicted molar refractivity (Wildman–Crippen MR) is 128 cm³/mol. The lowest BCUT2D eigenvalue weighted by atomic mass is 9.86. The van der Waals surface area contributed by atoms with Gasteiger partial charge in [0.05, 0.1) is 5.75 Å². The van der Waals surface area contributed by atoms with E-state index in [4.69, 9.17) is 0 Å². The quantitative estimate of drug-likeness (QED) is 0.302. The molecule has 1 amide bonds. The molecule has 10 heteroatoms. The standard InChI is InChI=1S/C19H37N5O3S.HI/c1-5-28(26,27)24-12-10-16(11-13-24)21-19(20-14-18(25)23(3)4)22-17-9-7-6-8-15(17)2;/h15-17H,5-14H2,1-4H3,(H2,20,21,22);1H. The van der Waals surface area contributed by atoms with Gasteiger partial charge in [-0.3, -0.25) is 4.79 Å². The van der Waals surface area contributed by atoms with Crippen molar-refractivity contribution in [1.82, 2.24) is 19.8 Å². The Hall–Kier alpha value is -0.620. The third-order valence-electron chi connectivity index (χ3n) is 5.86. The minimum atomic E-state index is -3.12. The highest BCUT2D eigenvalue weighted by Gasteiger charge is 2.28. The molecule has 1 saturated heterocycles. The first-order chi connectivity index (χ1) is 13.2. The van der Waals surface area contributed by atoms with Crippen molar-refractivity contribution in [3.05, 3.63) is 0 Å². The number of amides is 1. The molecular weight excluding hydrogens is 505 g/mol. The van der Waals surface area contributed by atoms with Gasteiger partial charge in [-0.25, -0.2) is 17.7 Å². The summed E-state index contributed by atoms with van der Waals surface area (Å²) in [7, 11) is 0.331. The summed E-state index contributed by atoms with van der Waals surface area (Å²) < 4.78 is 25.7. The van der Waals surface area contributed by atoms with Gasteiger partial charge in [0.1, 0.15) is 6.54 Å². The van der Waals surface area contributed by atoms with Crippen LogP contribution in [-0.4, -0.2) is 81.1 Å². The highest BCUT2D eigenvalue weighted by Crippen LogP contribution is 2.23. The lowest BCUT2D eigenvalue weighted by Crippen LogP contribution is -2.53. The smallest absolute Gasteiger partial charge is 0.243 e. The maximum absolute atomic E-state index is 12.1. The molecule has 2 aliphatic rings. The Morgan fingerprint density at radius 3 is 2.28 bits per heavy atom. The van der Waals surface area contributed by atoms with Crippen LogP contribution in [0, 0.1) is 5.92 Å². The summed E-state index contributed by atoms with van der Waals surface area (Å²) in [6.45, 7) is 5.09. The zero-order valence-corrected chi connectivity index (χ0v) is 21.3. The molecule has 0 radical (unpaired) electrons. The van der Waals surface area contributed by atoms with Crippen molar-refractivity contribution in [2.24, 2.45) is 10.9 Å². The Balaban J connectivity index is 0.00000420. The van der Waals surface area contributed by atoms with Crippen LogP contribution in [0.5, 0.6) is 0 Å². The highest BCUT2D eigenvalue weighted by molar-refractivity contribution is 14.0. The molecule has 1 aliphatic heterocycles. The molecular formula is C19H38IN5O3S. The van der Waals surface area contributed by atoms with Crippen LogP contribution >= 0.6 is 24.0 Å². The summed E-state index contributed by atoms with van der Waals surface area (Å²) >= 11 is 0. The van der Waals surface area contributed by atoms with Gasteiger partial charge in [0, 0.05) is 39.3 Å². The van der Waals surface area contributed by atoms with Crippen LogP contribution in [-0.2, 0) is 14.8 Å². The van der Waals surface area contributed by atoms with Gasteiger partial charge in [-0.1, -0.05) is 19.8 Å². The van der Waals surface area contributed by atoms with E-state index >= 15 is 0 Å². The first-order valence-electron chi connectivity index (χ1n) is 10.5. The molecule has 1 heterocycles. The van der Waals surface area contributed by atoms with E-state index in [0.717, 1.165) is 19.3 Å². The van der Waals surface area contributed by atoms with E-state index in [9.17, 15) is 13.2 Å². The van der Waals surface area contributed by atoms with Crippen molar-refractivity contribution < 1.29 is 13.2 Å². The second-order valence-electron chi connectivity index (χ2n) is 8.18. The van der Waals surface area contributed by atoms with Crippen LogP contribution in [0.4, 0.5) is 0 Å². The fourth-order valence-electron chi connectivity index (χ4n) is 3.78. The van der Waals surface area contributed by atoms with E-state index in [1.54, 1.807) is 30.2 Å². The van der Waals surface area contributed by atoms with Gasteiger partial charge in [0.15, 0.2) is 5.96 Å². The number of halogens is 1. The third kappa shape index (κ3) is 8.20. The minimum absolute atomic E-state index is 0. The fraction of sp³-hybridized carbons (Fsp3) is 0.895. The van der Waals surface area contributed by atoms with Crippen molar-refractivity contribution in [3.63, 3.8) is 0 Å². The number of nitrogens with zero attached hydrogens (tertiary/aromatic N) is 3. The van der Waals surface area contributed by atoms with E-state index in [0.29, 0.717) is 31.0 Å². The summed E-state index contributed by atoms with van der Waals surface area (Å²) in [6, 6.07) is 0.512. The van der Waals surface area contributed by atoms with E-state index in [1.807, 2.05) is 0 Å². The van der Waals surface area contributed by atoms with E-state index < -0.39 is 10.0 Å². The number of hydrogen-bond acceptors (Lipinski definition) is 4. The van der Waals surface area contributed by atoms with Gasteiger partial charge in [0.25, 0.3) is 0 Å². The van der Waals surface area contributed by atoms with Crippen LogP contribution in [0.3, 0.4) is 0 Å². The molecule has 0 aromatic rings. The zero-order valence-electron chi connectivity index (χ0n) is 18.2. The summed E-state index contributed by atoms with van der Waals surface area (Å²) in [5.41, 5.74) is 0. The van der Waals surface area contributed by atoms with Crippen LogP contribution in [0.1, 0.15) is 52.4 Å². The second-order valence-corrected chi connectivity index (χ2v) is 10.4. The number of piperidine rings is 1. The Labute approximate surface area is 193 Å². The van der Waals surface area contributed by atoms with Gasteiger partial charge in [-0.05, 0) is 38.5 Å². The minimum Gasteiger partial charge on any atom is -0.354 e. The number of rotatable bonds is 6. The number of hydrogen-bond donors (Lipinski definition) is 2. The first-order valence-corrected chi connectivity index (χ1v) is 12.1. The molecule has 0 aromatic heterocycles. The Bertz CT molecular complexity index is 648. The molecule has 2 fully saturated rings. The maximum atomic E-state index is 12.1. The highest BCUT2D eigenvalue weighted by atomic mass is 127. The predicted octanol–water partition coefficient (Wildman–Crippen LogP) is 1.62. The van der Waals surface area contributed by atoms with Crippen LogP contribution < -0.4 is 10.6 Å². The van der Waals surface area contributed by atoms with Gasteiger partial charge in [-0.2, -0.15) is 0 Å². The molecule has 2 atom stereocenters. The van der Waals surface area contributed by atoms with Crippen molar-refractivity contribution in [2.75, 3.05) is 39.5 Å². The molecule has 1 saturated carbocycles. The van der Waals surface area contributed by atoms with Crippen LogP contribution in [0.15, 0.2) is 4.99 Å². The summed E-state index contributed by atoms with van der Waals surface area (Å²) in [6.07, 6.45) is 6.26. The van der Waals surface area contributed by atoms with E-state index in [1.165, 1.54) is 19.3 Å². The number of aliphatic imine (C=N–C) groups is 1. The van der Waals surface area contributed by atoms with Gasteiger partial charge >= 0.3 is 0 Å². The SMILES string of the molecule is CCS(=O)(=O)N1CCC(NC(=NCC(=O)N(C)C)NC2CCCCC2C)CC1.I. The normalized spacial score (nSPS) is 24.5. The molecule has 0 spiro atoms. The number of carbonyl (C=O) groups is 1. The molecule has 0 aromatic carbocycles. The summed E-state index contributed by atoms with van der Waals surface area (Å²) in [4.78, 5) is 18.0. The molecule has 2 N–H and O–H groups in total. The zero-order chi connectivity index (χ0) is 20.7. The Morgan fingerprint density at radius 2 is 1.72 bits per heavy atom.